The molecule has 1 aromatic rings. The van der Waals surface area contributed by atoms with E-state index in [1.165, 1.54) is 17.0 Å². The fourth-order valence-corrected chi connectivity index (χ4v) is 2.22. The van der Waals surface area contributed by atoms with E-state index in [0.29, 0.717) is 5.69 Å². The molecule has 132 valence electrons. The summed E-state index contributed by atoms with van der Waals surface area (Å²) in [5, 5.41) is 2.68. The van der Waals surface area contributed by atoms with Crippen molar-refractivity contribution in [3.05, 3.63) is 24.0 Å². The van der Waals surface area contributed by atoms with E-state index < -0.39 is 29.6 Å². The van der Waals surface area contributed by atoms with Gasteiger partial charge >= 0.3 is 12.1 Å². The van der Waals surface area contributed by atoms with Crippen molar-refractivity contribution in [2.24, 2.45) is 5.73 Å². The van der Waals surface area contributed by atoms with Gasteiger partial charge in [0.1, 0.15) is 24.1 Å². The van der Waals surface area contributed by atoms with Gasteiger partial charge in [0.25, 0.3) is 0 Å². The van der Waals surface area contributed by atoms with Gasteiger partial charge in [-0.05, 0) is 39.0 Å². The fourth-order valence-electron chi connectivity index (χ4n) is 2.22. The number of nitrogens with two attached hydrogens (primary N) is 1. The summed E-state index contributed by atoms with van der Waals surface area (Å²) in [4.78, 5) is 24.7. The number of esters is 1. The van der Waals surface area contributed by atoms with Crippen LogP contribution in [0.2, 0.25) is 0 Å². The maximum Gasteiger partial charge on any atom is 0.414 e. The number of hydrogen-bond acceptors (Lipinski definition) is 6. The largest absolute Gasteiger partial charge is 0.459 e. The summed E-state index contributed by atoms with van der Waals surface area (Å²) in [5.41, 5.74) is 5.39. The molecule has 1 heterocycles. The predicted octanol–water partition coefficient (Wildman–Crippen LogP) is 1.86. The third kappa shape index (κ3) is 4.58. The Hall–Kier alpha value is -2.35. The van der Waals surface area contributed by atoms with Crippen molar-refractivity contribution in [1.82, 2.24) is 0 Å². The molecule has 3 N–H and O–H groups in total. The highest BCUT2D eigenvalue weighted by Crippen LogP contribution is 2.25. The van der Waals surface area contributed by atoms with Crippen LogP contribution in [-0.2, 0) is 14.3 Å². The van der Waals surface area contributed by atoms with Crippen molar-refractivity contribution in [3.63, 3.8) is 0 Å². The minimum atomic E-state index is -0.600. The molecule has 0 spiro atoms. The number of benzene rings is 1. The third-order valence-electron chi connectivity index (χ3n) is 3.24. The molecule has 0 radical (unpaired) electrons. The van der Waals surface area contributed by atoms with Gasteiger partial charge in [0.15, 0.2) is 0 Å². The van der Waals surface area contributed by atoms with Crippen molar-refractivity contribution in [2.45, 2.75) is 32.5 Å². The van der Waals surface area contributed by atoms with E-state index in [4.69, 9.17) is 15.2 Å². The molecule has 24 heavy (non-hydrogen) atoms. The van der Waals surface area contributed by atoms with Crippen molar-refractivity contribution in [3.8, 4) is 0 Å². The SMILES string of the molecule is CC(C)(C)OC(=O)CNc1ccc(N2C[C@H](CN)OC2=O)cc1F. The molecule has 0 aromatic heterocycles. The molecular formula is C16H22FN3O4. The molecule has 1 aromatic carbocycles. The Morgan fingerprint density at radius 1 is 1.50 bits per heavy atom. The van der Waals surface area contributed by atoms with Crippen LogP contribution >= 0.6 is 0 Å². The number of carbonyl (C=O) groups is 2. The lowest BCUT2D eigenvalue weighted by Gasteiger charge is -2.20. The van der Waals surface area contributed by atoms with Crippen LogP contribution in [0.25, 0.3) is 0 Å². The van der Waals surface area contributed by atoms with Crippen LogP contribution in [0.5, 0.6) is 0 Å². The van der Waals surface area contributed by atoms with E-state index in [1.807, 2.05) is 0 Å². The van der Waals surface area contributed by atoms with Crippen molar-refractivity contribution < 1.29 is 23.5 Å². The molecule has 0 unspecified atom stereocenters. The number of amides is 1. The average Bonchev–Trinajstić information content (AvgIpc) is 2.85. The second-order valence-corrected chi connectivity index (χ2v) is 6.46. The van der Waals surface area contributed by atoms with Crippen LogP contribution in [0.3, 0.4) is 0 Å². The number of nitrogens with one attached hydrogen (secondary N) is 1. The number of rotatable bonds is 5. The first kappa shape index (κ1) is 18.0. The zero-order chi connectivity index (χ0) is 17.9. The highest BCUT2D eigenvalue weighted by Gasteiger charge is 2.31. The van der Waals surface area contributed by atoms with E-state index in [1.54, 1.807) is 26.8 Å². The van der Waals surface area contributed by atoms with Gasteiger partial charge in [0.05, 0.1) is 17.9 Å². The van der Waals surface area contributed by atoms with Crippen LogP contribution in [0.15, 0.2) is 18.2 Å². The molecule has 2 rings (SSSR count). The minimum Gasteiger partial charge on any atom is -0.459 e. The van der Waals surface area contributed by atoms with Gasteiger partial charge in [-0.1, -0.05) is 0 Å². The molecule has 1 atom stereocenters. The summed E-state index contributed by atoms with van der Waals surface area (Å²) in [6.07, 6.45) is -0.954. The van der Waals surface area contributed by atoms with Gasteiger partial charge in [-0.15, -0.1) is 0 Å². The number of anilines is 2. The number of carbonyl (C=O) groups excluding carboxylic acids is 2. The number of halogens is 1. The van der Waals surface area contributed by atoms with Crippen molar-refractivity contribution >= 4 is 23.4 Å². The quantitative estimate of drug-likeness (QED) is 0.795. The fraction of sp³-hybridized carbons (Fsp3) is 0.500. The summed E-state index contributed by atoms with van der Waals surface area (Å²) < 4.78 is 24.4. The molecule has 1 aliphatic heterocycles. The molecule has 1 fully saturated rings. The summed E-state index contributed by atoms with van der Waals surface area (Å²) in [7, 11) is 0. The average molecular weight is 339 g/mol. The van der Waals surface area contributed by atoms with E-state index in [-0.39, 0.29) is 25.3 Å². The normalized spacial score (nSPS) is 17.6. The van der Waals surface area contributed by atoms with Gasteiger partial charge in [-0.25, -0.2) is 9.18 Å². The van der Waals surface area contributed by atoms with Crippen LogP contribution in [0.4, 0.5) is 20.6 Å². The van der Waals surface area contributed by atoms with Crippen molar-refractivity contribution in [1.29, 1.82) is 0 Å². The van der Waals surface area contributed by atoms with Gasteiger partial charge in [-0.3, -0.25) is 9.69 Å². The molecule has 7 nitrogen and oxygen atoms in total. The minimum absolute atomic E-state index is 0.146. The molecule has 8 heteroatoms. The number of ether oxygens (including phenoxy) is 2. The van der Waals surface area contributed by atoms with Crippen molar-refractivity contribution in [2.75, 3.05) is 29.9 Å². The Kier molecular flexibility index (Phi) is 5.28. The van der Waals surface area contributed by atoms with Gasteiger partial charge in [0.2, 0.25) is 0 Å². The van der Waals surface area contributed by atoms with Gasteiger partial charge in [-0.2, -0.15) is 0 Å². The summed E-state index contributed by atoms with van der Waals surface area (Å²) >= 11 is 0. The van der Waals surface area contributed by atoms with Crippen LogP contribution < -0.4 is 16.0 Å². The van der Waals surface area contributed by atoms with Crippen LogP contribution in [-0.4, -0.2) is 43.4 Å². The molecular weight excluding hydrogens is 317 g/mol. The number of cyclic esters (lactones) is 1. The first-order valence-electron chi connectivity index (χ1n) is 7.63. The summed E-state index contributed by atoms with van der Waals surface area (Å²) in [6.45, 7) is 5.59. The Labute approximate surface area is 139 Å². The molecule has 0 bridgehead atoms. The van der Waals surface area contributed by atoms with Gasteiger partial charge < -0.3 is 20.5 Å². The van der Waals surface area contributed by atoms with Gasteiger partial charge in [0, 0.05) is 6.54 Å². The van der Waals surface area contributed by atoms with Crippen LogP contribution in [0, 0.1) is 5.82 Å². The highest BCUT2D eigenvalue weighted by molar-refractivity contribution is 5.90. The maximum absolute atomic E-state index is 14.2. The van der Waals surface area contributed by atoms with E-state index >= 15 is 0 Å². The second kappa shape index (κ2) is 7.04. The first-order chi connectivity index (χ1) is 11.2. The Balaban J connectivity index is 2.00. The van der Waals surface area contributed by atoms with E-state index in [0.717, 1.165) is 0 Å². The molecule has 0 aliphatic carbocycles. The highest BCUT2D eigenvalue weighted by atomic mass is 19.1. The molecule has 1 saturated heterocycles. The lowest BCUT2D eigenvalue weighted by molar-refractivity contribution is -0.152. The maximum atomic E-state index is 14.2. The predicted molar refractivity (Wildman–Crippen MR) is 87.4 cm³/mol. The topological polar surface area (TPSA) is 93.9 Å². The lowest BCUT2D eigenvalue weighted by Crippen LogP contribution is -2.28. The second-order valence-electron chi connectivity index (χ2n) is 6.46. The first-order valence-corrected chi connectivity index (χ1v) is 7.63. The number of nitrogens with zero attached hydrogens (tertiary/aromatic N) is 1. The Morgan fingerprint density at radius 3 is 2.75 bits per heavy atom. The molecule has 0 saturated carbocycles. The zero-order valence-electron chi connectivity index (χ0n) is 14.0. The summed E-state index contributed by atoms with van der Waals surface area (Å²) in [5.74, 6) is -1.07. The molecule has 1 amide bonds. The van der Waals surface area contributed by atoms with Crippen LogP contribution in [0.1, 0.15) is 20.8 Å². The standard InChI is InChI=1S/C16H22FN3O4/c1-16(2,3)24-14(21)8-19-13-5-4-10(6-12(13)17)20-9-11(7-18)23-15(20)22/h4-6,11,19H,7-9,18H2,1-3H3/t11-/m0/s1. The Morgan fingerprint density at radius 2 is 2.21 bits per heavy atom. The lowest BCUT2D eigenvalue weighted by atomic mass is 10.2. The third-order valence-corrected chi connectivity index (χ3v) is 3.24. The monoisotopic (exact) mass is 339 g/mol. The van der Waals surface area contributed by atoms with E-state index in [2.05, 4.69) is 5.32 Å². The Bertz CT molecular complexity index is 630. The smallest absolute Gasteiger partial charge is 0.414 e. The zero-order valence-corrected chi connectivity index (χ0v) is 14.0. The van der Waals surface area contributed by atoms with E-state index in [9.17, 15) is 14.0 Å². The summed E-state index contributed by atoms with van der Waals surface area (Å²) in [6, 6.07) is 4.23. The number of hydrogen-bond donors (Lipinski definition) is 2. The molecule has 1 aliphatic rings.